The summed E-state index contributed by atoms with van der Waals surface area (Å²) in [4.78, 5) is 26.3. The predicted octanol–water partition coefficient (Wildman–Crippen LogP) is 6.77. The van der Waals surface area contributed by atoms with Crippen molar-refractivity contribution in [2.45, 2.75) is 94.3 Å². The second-order valence-electron chi connectivity index (χ2n) is 12.3. The van der Waals surface area contributed by atoms with Crippen LogP contribution in [0, 0.1) is 0 Å². The van der Waals surface area contributed by atoms with Gasteiger partial charge < -0.3 is 0 Å². The van der Waals surface area contributed by atoms with Crippen molar-refractivity contribution in [3.05, 3.63) is 48.5 Å². The Morgan fingerprint density at radius 2 is 0.939 bits per heavy atom. The zero-order valence-corrected chi connectivity index (χ0v) is 22.7. The summed E-state index contributed by atoms with van der Waals surface area (Å²) in [5.41, 5.74) is 2.71. The second-order valence-corrected chi connectivity index (χ2v) is 19.2. The van der Waals surface area contributed by atoms with E-state index in [1.54, 1.807) is 0 Å². The molecular weight excluding hydrogens is 442 g/mol. The zero-order valence-electron chi connectivity index (χ0n) is 20.9. The molecule has 2 aromatic rings. The molecule has 3 aliphatic heterocycles. The second kappa shape index (κ2) is 7.57. The normalized spacial score (nSPS) is 34.6. The molecular formula is C29H36O2P2. The Kier molecular flexibility index (Phi) is 5.36. The Hall–Kier alpha value is -1.36. The monoisotopic (exact) mass is 478 g/mol. The molecule has 5 rings (SSSR count). The molecule has 33 heavy (non-hydrogen) atoms. The molecule has 0 bridgehead atoms. The van der Waals surface area contributed by atoms with Gasteiger partial charge in [0.2, 0.25) is 0 Å². The van der Waals surface area contributed by atoms with Gasteiger partial charge in [0, 0.05) is 36.0 Å². The minimum Gasteiger partial charge on any atom is -0.300 e. The molecule has 0 aromatic heterocycles. The van der Waals surface area contributed by atoms with Crippen LogP contribution in [0.4, 0.5) is 0 Å². The predicted molar refractivity (Wildman–Crippen MR) is 143 cm³/mol. The fourth-order valence-corrected chi connectivity index (χ4v) is 17.1. The van der Waals surface area contributed by atoms with Crippen LogP contribution in [0.15, 0.2) is 48.5 Å². The van der Waals surface area contributed by atoms with Gasteiger partial charge >= 0.3 is 0 Å². The van der Waals surface area contributed by atoms with Gasteiger partial charge in [0.25, 0.3) is 0 Å². The third-order valence-electron chi connectivity index (χ3n) is 8.05. The number of hydrogen-bond acceptors (Lipinski definition) is 2. The van der Waals surface area contributed by atoms with Gasteiger partial charge in [-0.05, 0) is 38.5 Å². The minimum atomic E-state index is -0.630. The molecule has 2 fully saturated rings. The van der Waals surface area contributed by atoms with Gasteiger partial charge in [-0.1, -0.05) is 106 Å². The Morgan fingerprint density at radius 1 is 0.576 bits per heavy atom. The molecule has 4 unspecified atom stereocenters. The molecule has 4 atom stereocenters. The number of rotatable bonds is 0. The van der Waals surface area contributed by atoms with Crippen LogP contribution in [0.25, 0.3) is 11.1 Å². The number of fused-ring (bicyclic) bond motifs is 7. The first-order valence-corrected chi connectivity index (χ1v) is 14.9. The summed E-state index contributed by atoms with van der Waals surface area (Å²) in [5, 5.41) is 2.53. The molecule has 0 spiro atoms. The van der Waals surface area contributed by atoms with Crippen molar-refractivity contribution in [1.29, 1.82) is 0 Å². The van der Waals surface area contributed by atoms with Crippen molar-refractivity contribution in [3.63, 3.8) is 0 Å². The number of hydrogen-bond donors (Lipinski definition) is 0. The molecule has 0 N–H and O–H groups in total. The maximum absolute atomic E-state index is 13.2. The average molecular weight is 479 g/mol. The molecule has 2 aromatic carbocycles. The lowest BCUT2D eigenvalue weighted by molar-refractivity contribution is -0.120. The van der Waals surface area contributed by atoms with Crippen molar-refractivity contribution in [3.8, 4) is 11.1 Å². The average Bonchev–Trinajstić information content (AvgIpc) is 2.67. The number of carbonyl (C=O) groups excluding carboxylic acids is 2. The Bertz CT molecular complexity index is 1060. The van der Waals surface area contributed by atoms with E-state index >= 15 is 0 Å². The molecule has 4 heteroatoms. The van der Waals surface area contributed by atoms with E-state index in [0.29, 0.717) is 37.2 Å². The molecule has 3 aliphatic rings. The summed E-state index contributed by atoms with van der Waals surface area (Å²) in [6, 6.07) is 18.0. The Balaban J connectivity index is 1.88. The van der Waals surface area contributed by atoms with Crippen LogP contribution in [0.1, 0.15) is 73.6 Å². The standard InChI is InChI=1S/C29H36O2P2/c1-26(2)15-20(30)17-28(5)19-29(6)18-21(31)16-27(3,4)33(29)25-14-10-8-12-23(25)22-11-7-9-13-24(22)32(26)28/h7-14H,15-19H2,1-6H3. The molecule has 0 aliphatic carbocycles. The quantitative estimate of drug-likeness (QED) is 0.392. The number of Topliss-reactive ketones (excluding diaryl/α,β-unsaturated/α-hetero) is 2. The molecule has 174 valence electrons. The maximum Gasteiger partial charge on any atom is 0.134 e. The largest absolute Gasteiger partial charge is 0.300 e. The van der Waals surface area contributed by atoms with E-state index in [-0.39, 0.29) is 20.6 Å². The van der Waals surface area contributed by atoms with E-state index in [0.717, 1.165) is 6.42 Å². The summed E-state index contributed by atoms with van der Waals surface area (Å²) < 4.78 is 0. The molecule has 2 nitrogen and oxygen atoms in total. The summed E-state index contributed by atoms with van der Waals surface area (Å²) in [6.07, 6.45) is 3.53. The minimum absolute atomic E-state index is 0.0673. The van der Waals surface area contributed by atoms with Gasteiger partial charge in [-0.25, -0.2) is 0 Å². The van der Waals surface area contributed by atoms with E-state index in [9.17, 15) is 9.59 Å². The summed E-state index contributed by atoms with van der Waals surface area (Å²) in [6.45, 7) is 14.0. The van der Waals surface area contributed by atoms with E-state index in [4.69, 9.17) is 0 Å². The van der Waals surface area contributed by atoms with E-state index in [1.165, 1.54) is 21.7 Å². The van der Waals surface area contributed by atoms with Crippen LogP contribution in [0.3, 0.4) is 0 Å². The maximum atomic E-state index is 13.2. The molecule has 0 radical (unpaired) electrons. The molecule has 0 saturated carbocycles. The van der Waals surface area contributed by atoms with Crippen LogP contribution in [0.5, 0.6) is 0 Å². The third kappa shape index (κ3) is 3.68. The highest BCUT2D eigenvalue weighted by Gasteiger charge is 2.58. The van der Waals surface area contributed by atoms with E-state index in [2.05, 4.69) is 90.1 Å². The lowest BCUT2D eigenvalue weighted by Crippen LogP contribution is -2.51. The zero-order chi connectivity index (χ0) is 23.8. The summed E-state index contributed by atoms with van der Waals surface area (Å²) in [5.74, 6) is 0.787. The lowest BCUT2D eigenvalue weighted by Gasteiger charge is -2.57. The van der Waals surface area contributed by atoms with Crippen molar-refractivity contribution in [2.75, 3.05) is 0 Å². The Morgan fingerprint density at radius 3 is 1.33 bits per heavy atom. The van der Waals surface area contributed by atoms with Gasteiger partial charge in [-0.2, -0.15) is 0 Å². The van der Waals surface area contributed by atoms with E-state index in [1.807, 2.05) is 0 Å². The van der Waals surface area contributed by atoms with Gasteiger partial charge in [-0.15, -0.1) is 0 Å². The highest BCUT2D eigenvalue weighted by Crippen LogP contribution is 2.74. The first-order valence-electron chi connectivity index (χ1n) is 12.2. The van der Waals surface area contributed by atoms with Crippen LogP contribution < -0.4 is 10.6 Å². The Labute approximate surface area is 201 Å². The summed E-state index contributed by atoms with van der Waals surface area (Å²) in [7, 11) is -1.26. The van der Waals surface area contributed by atoms with Gasteiger partial charge in [-0.3, -0.25) is 9.59 Å². The fraction of sp³-hybridized carbons (Fsp3) is 0.517. The fourth-order valence-electron chi connectivity index (χ4n) is 7.85. The number of carbonyl (C=O) groups is 2. The highest BCUT2D eigenvalue weighted by atomic mass is 31.1. The van der Waals surface area contributed by atoms with Crippen molar-refractivity contribution in [2.24, 2.45) is 0 Å². The van der Waals surface area contributed by atoms with Gasteiger partial charge in [0.1, 0.15) is 11.6 Å². The van der Waals surface area contributed by atoms with Crippen molar-refractivity contribution >= 4 is 38.0 Å². The van der Waals surface area contributed by atoms with Crippen LogP contribution in [0.2, 0.25) is 0 Å². The molecule has 2 saturated heterocycles. The first kappa shape index (κ1) is 23.4. The van der Waals surface area contributed by atoms with Gasteiger partial charge in [0.05, 0.1) is 0 Å². The van der Waals surface area contributed by atoms with E-state index < -0.39 is 15.8 Å². The smallest absolute Gasteiger partial charge is 0.134 e. The SMILES string of the molecule is CC1(C)CC(=O)CC2(C)CC3(C)CC(=O)CC(C)(C)P3c3ccccc3-c3ccccc3P12. The number of ketones is 2. The number of benzene rings is 2. The van der Waals surface area contributed by atoms with Crippen LogP contribution in [-0.4, -0.2) is 32.2 Å². The topological polar surface area (TPSA) is 34.1 Å². The summed E-state index contributed by atoms with van der Waals surface area (Å²) >= 11 is 0. The highest BCUT2D eigenvalue weighted by molar-refractivity contribution is 7.70. The van der Waals surface area contributed by atoms with Crippen molar-refractivity contribution in [1.82, 2.24) is 0 Å². The molecule has 0 amide bonds. The van der Waals surface area contributed by atoms with Crippen LogP contribution >= 0.6 is 15.8 Å². The first-order chi connectivity index (χ1) is 15.4. The van der Waals surface area contributed by atoms with Gasteiger partial charge in [0.15, 0.2) is 0 Å². The van der Waals surface area contributed by atoms with Crippen molar-refractivity contribution < 1.29 is 9.59 Å². The third-order valence-corrected chi connectivity index (χ3v) is 15.3. The van der Waals surface area contributed by atoms with Crippen LogP contribution in [-0.2, 0) is 9.59 Å². The lowest BCUT2D eigenvalue weighted by atomic mass is 9.84. The molecule has 3 heterocycles.